The summed E-state index contributed by atoms with van der Waals surface area (Å²) in [7, 11) is 0. The number of pyridine rings is 1. The molecule has 4 fully saturated rings. The van der Waals surface area contributed by atoms with Crippen LogP contribution in [0, 0.1) is 17.8 Å². The molecule has 3 saturated heterocycles. The van der Waals surface area contributed by atoms with E-state index in [-0.39, 0.29) is 5.91 Å². The first-order chi connectivity index (χ1) is 11.8. The fourth-order valence-electron chi connectivity index (χ4n) is 4.97. The molecule has 0 spiro atoms. The first-order valence-electron chi connectivity index (χ1n) is 8.81. The Labute approximate surface area is 145 Å². The summed E-state index contributed by atoms with van der Waals surface area (Å²) in [6, 6.07) is 10.2. The average molecular weight is 339 g/mol. The number of carbonyl (C=O) groups is 1. The lowest BCUT2D eigenvalue weighted by Gasteiger charge is -2.55. The van der Waals surface area contributed by atoms with Gasteiger partial charge in [0.25, 0.3) is 5.91 Å². The second-order valence-electron chi connectivity index (χ2n) is 7.45. The highest BCUT2D eigenvalue weighted by Crippen LogP contribution is 2.43. The molecule has 1 amide bonds. The highest BCUT2D eigenvalue weighted by Gasteiger charge is 2.47. The molecule has 1 N–H and O–H groups in total. The summed E-state index contributed by atoms with van der Waals surface area (Å²) in [6.07, 6.45) is 4.38. The molecule has 3 aliphatic heterocycles. The third-order valence-electron chi connectivity index (χ3n) is 5.83. The van der Waals surface area contributed by atoms with Crippen molar-refractivity contribution in [1.29, 1.82) is 0 Å². The summed E-state index contributed by atoms with van der Waals surface area (Å²) in [5.41, 5.74) is 0.934. The van der Waals surface area contributed by atoms with Gasteiger partial charge in [0, 0.05) is 31.9 Å². The van der Waals surface area contributed by atoms with Crippen molar-refractivity contribution in [2.24, 2.45) is 17.8 Å². The molecule has 1 saturated carbocycles. The first-order valence-corrected chi connectivity index (χ1v) is 9.62. The molecule has 24 heavy (non-hydrogen) atoms. The van der Waals surface area contributed by atoms with Gasteiger partial charge in [0.05, 0.1) is 15.4 Å². The average Bonchev–Trinajstić information content (AvgIpc) is 3.08. The zero-order valence-electron chi connectivity index (χ0n) is 13.5. The highest BCUT2D eigenvalue weighted by atomic mass is 32.1. The number of nitrogens with one attached hydrogen (secondary N) is 1. The minimum atomic E-state index is 0.0923. The summed E-state index contributed by atoms with van der Waals surface area (Å²) < 4.78 is 0. The first kappa shape index (κ1) is 14.6. The summed E-state index contributed by atoms with van der Waals surface area (Å²) in [5.74, 6) is 2.26. The van der Waals surface area contributed by atoms with Crippen LogP contribution in [0.1, 0.15) is 22.5 Å². The molecular formula is C19H21N3OS. The number of hydrogen-bond acceptors (Lipinski definition) is 4. The molecule has 1 aliphatic carbocycles. The van der Waals surface area contributed by atoms with E-state index >= 15 is 0 Å². The highest BCUT2D eigenvalue weighted by molar-refractivity contribution is 7.17. The quantitative estimate of drug-likeness (QED) is 0.935. The third-order valence-corrected chi connectivity index (χ3v) is 6.94. The third kappa shape index (κ3) is 2.47. The number of hydrogen-bond donors (Lipinski definition) is 1. The zero-order valence-corrected chi connectivity index (χ0v) is 14.3. The second-order valence-corrected chi connectivity index (χ2v) is 8.54. The van der Waals surface area contributed by atoms with Crippen LogP contribution < -0.4 is 5.32 Å². The molecule has 2 unspecified atom stereocenters. The topological polar surface area (TPSA) is 45.2 Å². The van der Waals surface area contributed by atoms with Crippen LogP contribution in [0.3, 0.4) is 0 Å². The van der Waals surface area contributed by atoms with E-state index in [0.717, 1.165) is 21.4 Å². The van der Waals surface area contributed by atoms with Crippen molar-refractivity contribution in [2.45, 2.75) is 18.9 Å². The van der Waals surface area contributed by atoms with Crippen LogP contribution in [0.2, 0.25) is 0 Å². The smallest absolute Gasteiger partial charge is 0.261 e. The van der Waals surface area contributed by atoms with Gasteiger partial charge in [-0.3, -0.25) is 9.78 Å². The number of nitrogens with zero attached hydrogens (tertiary/aromatic N) is 2. The Kier molecular flexibility index (Phi) is 3.45. The SMILES string of the molecule is O=C(NC1C2CC3CC1CN(C3)C2)c1ccc(-c2ccccn2)s1. The maximum absolute atomic E-state index is 12.7. The predicted octanol–water partition coefficient (Wildman–Crippen LogP) is 2.88. The van der Waals surface area contributed by atoms with E-state index < -0.39 is 0 Å². The van der Waals surface area contributed by atoms with Gasteiger partial charge in [0.2, 0.25) is 0 Å². The van der Waals surface area contributed by atoms with Crippen LogP contribution in [0.5, 0.6) is 0 Å². The molecule has 5 heteroatoms. The van der Waals surface area contributed by atoms with Gasteiger partial charge in [-0.2, -0.15) is 0 Å². The van der Waals surface area contributed by atoms with E-state index in [1.165, 1.54) is 43.8 Å². The molecule has 6 rings (SSSR count). The van der Waals surface area contributed by atoms with Gasteiger partial charge >= 0.3 is 0 Å². The molecule has 4 bridgehead atoms. The Balaban J connectivity index is 1.32. The molecule has 4 nitrogen and oxygen atoms in total. The van der Waals surface area contributed by atoms with E-state index in [2.05, 4.69) is 15.2 Å². The lowest BCUT2D eigenvalue weighted by molar-refractivity contribution is -0.0418. The van der Waals surface area contributed by atoms with Crippen molar-refractivity contribution in [3.8, 4) is 10.6 Å². The largest absolute Gasteiger partial charge is 0.348 e. The number of piperidine rings is 3. The van der Waals surface area contributed by atoms with Gasteiger partial charge in [-0.1, -0.05) is 6.07 Å². The van der Waals surface area contributed by atoms with Gasteiger partial charge in [-0.05, 0) is 54.9 Å². The number of amides is 1. The minimum Gasteiger partial charge on any atom is -0.348 e. The normalized spacial score (nSPS) is 33.6. The zero-order chi connectivity index (χ0) is 16.1. The Morgan fingerprint density at radius 1 is 1.12 bits per heavy atom. The van der Waals surface area contributed by atoms with Crippen molar-refractivity contribution < 1.29 is 4.79 Å². The number of carbonyl (C=O) groups excluding carboxylic acids is 1. The molecule has 0 aromatic carbocycles. The standard InChI is InChI=1S/C19H21N3OS/c23-19(17-5-4-16(24-17)15-3-1-2-6-20-15)21-18-13-7-12-8-14(18)11-22(9-12)10-13/h1-6,12-14,18H,7-11H2,(H,21,23). The van der Waals surface area contributed by atoms with Gasteiger partial charge in [0.1, 0.15) is 0 Å². The number of rotatable bonds is 3. The van der Waals surface area contributed by atoms with Crippen molar-refractivity contribution in [2.75, 3.05) is 19.6 Å². The summed E-state index contributed by atoms with van der Waals surface area (Å²) in [4.78, 5) is 21.6. The van der Waals surface area contributed by atoms with Crippen LogP contribution in [0.25, 0.3) is 10.6 Å². The fraction of sp³-hybridized carbons (Fsp3) is 0.474. The van der Waals surface area contributed by atoms with Gasteiger partial charge in [-0.15, -0.1) is 11.3 Å². The van der Waals surface area contributed by atoms with Crippen LogP contribution in [0.4, 0.5) is 0 Å². The molecule has 2 aromatic heterocycles. The minimum absolute atomic E-state index is 0.0923. The van der Waals surface area contributed by atoms with Crippen molar-refractivity contribution in [3.05, 3.63) is 41.4 Å². The van der Waals surface area contributed by atoms with Gasteiger partial charge in [0.15, 0.2) is 0 Å². The van der Waals surface area contributed by atoms with Gasteiger partial charge in [-0.25, -0.2) is 0 Å². The molecule has 124 valence electrons. The maximum atomic E-state index is 12.7. The van der Waals surface area contributed by atoms with Gasteiger partial charge < -0.3 is 10.2 Å². The Bertz CT molecular complexity index is 729. The number of thiophene rings is 1. The molecule has 2 atom stereocenters. The predicted molar refractivity (Wildman–Crippen MR) is 94.9 cm³/mol. The summed E-state index contributed by atoms with van der Waals surface area (Å²) in [5, 5.41) is 3.37. The fourth-order valence-corrected chi connectivity index (χ4v) is 5.86. The van der Waals surface area contributed by atoms with E-state index in [1.807, 2.05) is 30.3 Å². The molecule has 5 heterocycles. The maximum Gasteiger partial charge on any atom is 0.261 e. The summed E-state index contributed by atoms with van der Waals surface area (Å²) in [6.45, 7) is 3.62. The van der Waals surface area contributed by atoms with Crippen LogP contribution in [-0.2, 0) is 0 Å². The molecule has 0 radical (unpaired) electrons. The Morgan fingerprint density at radius 3 is 2.67 bits per heavy atom. The van der Waals surface area contributed by atoms with Crippen molar-refractivity contribution in [1.82, 2.24) is 15.2 Å². The molecule has 2 aromatic rings. The lowest BCUT2D eigenvalue weighted by atomic mass is 9.65. The molecule has 4 aliphatic rings. The van der Waals surface area contributed by atoms with E-state index in [1.54, 1.807) is 6.20 Å². The van der Waals surface area contributed by atoms with Crippen molar-refractivity contribution >= 4 is 17.2 Å². The van der Waals surface area contributed by atoms with Crippen LogP contribution >= 0.6 is 11.3 Å². The molecular weight excluding hydrogens is 318 g/mol. The van der Waals surface area contributed by atoms with E-state index in [9.17, 15) is 4.79 Å². The second kappa shape index (κ2) is 5.67. The number of aromatic nitrogens is 1. The monoisotopic (exact) mass is 339 g/mol. The van der Waals surface area contributed by atoms with Crippen molar-refractivity contribution in [3.63, 3.8) is 0 Å². The van der Waals surface area contributed by atoms with E-state index in [0.29, 0.717) is 17.9 Å². The Morgan fingerprint density at radius 2 is 1.96 bits per heavy atom. The lowest BCUT2D eigenvalue weighted by Crippen LogP contribution is -2.64. The summed E-state index contributed by atoms with van der Waals surface area (Å²) >= 11 is 1.54. The van der Waals surface area contributed by atoms with E-state index in [4.69, 9.17) is 0 Å². The van der Waals surface area contributed by atoms with Crippen LogP contribution in [-0.4, -0.2) is 41.5 Å². The van der Waals surface area contributed by atoms with Crippen LogP contribution in [0.15, 0.2) is 36.5 Å². The Hall–Kier alpha value is -1.72.